The Bertz CT molecular complexity index is 292. The minimum atomic E-state index is -0.0822. The molecule has 1 unspecified atom stereocenters. The Hall–Kier alpha value is -1.23. The third-order valence-corrected chi connectivity index (χ3v) is 2.10. The molecular formula is C8H13N3O2. The fourth-order valence-corrected chi connectivity index (χ4v) is 1.19. The summed E-state index contributed by atoms with van der Waals surface area (Å²) in [7, 11) is 0. The number of aromatic nitrogens is 3. The van der Waals surface area contributed by atoms with Gasteiger partial charge in [-0.15, -0.1) is 5.10 Å². The first-order chi connectivity index (χ1) is 6.24. The molecule has 0 spiro atoms. The fraction of sp³-hybridized carbons (Fsp3) is 0.625. The molecule has 0 fully saturated rings. The maximum absolute atomic E-state index is 10.5. The normalized spacial score (nSPS) is 12.8. The lowest BCUT2D eigenvalue weighted by atomic mass is 10.2. The van der Waals surface area contributed by atoms with E-state index in [2.05, 4.69) is 10.3 Å². The molecule has 13 heavy (non-hydrogen) atoms. The number of aliphatic hydroxyl groups is 1. The minimum Gasteiger partial charge on any atom is -0.394 e. The van der Waals surface area contributed by atoms with Gasteiger partial charge >= 0.3 is 0 Å². The summed E-state index contributed by atoms with van der Waals surface area (Å²) in [5.74, 6) is 0. The lowest BCUT2D eigenvalue weighted by Gasteiger charge is -2.12. The van der Waals surface area contributed by atoms with Gasteiger partial charge in [0.1, 0.15) is 5.69 Å². The van der Waals surface area contributed by atoms with Crippen molar-refractivity contribution in [1.82, 2.24) is 15.0 Å². The van der Waals surface area contributed by atoms with Crippen LogP contribution < -0.4 is 0 Å². The Labute approximate surface area is 76.4 Å². The van der Waals surface area contributed by atoms with Crippen molar-refractivity contribution in [3.63, 3.8) is 0 Å². The van der Waals surface area contributed by atoms with Crippen molar-refractivity contribution >= 4 is 6.29 Å². The SMILES string of the molecule is CCC(CO)n1nnc(C=O)c1C. The minimum absolute atomic E-state index is 0.0129. The van der Waals surface area contributed by atoms with Crippen LogP contribution in [0.1, 0.15) is 35.6 Å². The molecule has 0 saturated heterocycles. The van der Waals surface area contributed by atoms with Crippen molar-refractivity contribution in [2.75, 3.05) is 6.61 Å². The highest BCUT2D eigenvalue weighted by atomic mass is 16.3. The van der Waals surface area contributed by atoms with Gasteiger partial charge in [-0.3, -0.25) is 4.79 Å². The molecular weight excluding hydrogens is 170 g/mol. The lowest BCUT2D eigenvalue weighted by molar-refractivity contribution is 0.111. The van der Waals surface area contributed by atoms with Gasteiger partial charge in [-0.1, -0.05) is 12.1 Å². The molecule has 0 aliphatic heterocycles. The summed E-state index contributed by atoms with van der Waals surface area (Å²) in [6, 6.07) is -0.0822. The molecule has 0 aromatic carbocycles. The molecule has 1 aromatic rings. The van der Waals surface area contributed by atoms with Crippen molar-refractivity contribution in [3.05, 3.63) is 11.4 Å². The molecule has 0 bridgehead atoms. The van der Waals surface area contributed by atoms with E-state index in [-0.39, 0.29) is 12.6 Å². The number of hydrogen-bond donors (Lipinski definition) is 1. The summed E-state index contributed by atoms with van der Waals surface area (Å²) in [6.07, 6.45) is 1.43. The number of nitrogens with zero attached hydrogens (tertiary/aromatic N) is 3. The van der Waals surface area contributed by atoms with Crippen LogP contribution in [0.2, 0.25) is 0 Å². The van der Waals surface area contributed by atoms with Crippen LogP contribution in [0.4, 0.5) is 0 Å². The molecule has 1 aromatic heterocycles. The number of carbonyl (C=O) groups is 1. The van der Waals surface area contributed by atoms with E-state index in [1.807, 2.05) is 6.92 Å². The van der Waals surface area contributed by atoms with Gasteiger partial charge in [0.25, 0.3) is 0 Å². The number of carbonyl (C=O) groups excluding carboxylic acids is 1. The van der Waals surface area contributed by atoms with Crippen LogP contribution in [-0.2, 0) is 0 Å². The quantitative estimate of drug-likeness (QED) is 0.683. The topological polar surface area (TPSA) is 68.0 Å². The number of rotatable bonds is 4. The molecule has 72 valence electrons. The van der Waals surface area contributed by atoms with E-state index >= 15 is 0 Å². The zero-order valence-electron chi connectivity index (χ0n) is 7.77. The van der Waals surface area contributed by atoms with Crippen LogP contribution in [0.15, 0.2) is 0 Å². The van der Waals surface area contributed by atoms with E-state index in [0.717, 1.165) is 6.42 Å². The number of hydrogen-bond acceptors (Lipinski definition) is 4. The summed E-state index contributed by atoms with van der Waals surface area (Å²) in [6.45, 7) is 3.73. The smallest absolute Gasteiger partial charge is 0.172 e. The Kier molecular flexibility index (Phi) is 3.13. The molecule has 0 radical (unpaired) electrons. The highest BCUT2D eigenvalue weighted by Crippen LogP contribution is 2.12. The van der Waals surface area contributed by atoms with Gasteiger partial charge in [0.15, 0.2) is 6.29 Å². The Morgan fingerprint density at radius 1 is 1.69 bits per heavy atom. The average molecular weight is 183 g/mol. The molecule has 0 amide bonds. The Balaban J connectivity index is 3.00. The lowest BCUT2D eigenvalue weighted by Crippen LogP contribution is -2.15. The van der Waals surface area contributed by atoms with Gasteiger partial charge in [-0.25, -0.2) is 4.68 Å². The standard InChI is InChI=1S/C8H13N3O2/c1-3-7(4-12)11-6(2)8(5-13)9-10-11/h5,7,12H,3-4H2,1-2H3. The predicted octanol–water partition coefficient (Wildman–Crippen LogP) is 0.342. The van der Waals surface area contributed by atoms with Crippen LogP contribution in [0.5, 0.6) is 0 Å². The van der Waals surface area contributed by atoms with Crippen molar-refractivity contribution in [1.29, 1.82) is 0 Å². The van der Waals surface area contributed by atoms with Crippen LogP contribution in [0, 0.1) is 6.92 Å². The highest BCUT2D eigenvalue weighted by Gasteiger charge is 2.14. The first kappa shape index (κ1) is 9.85. The predicted molar refractivity (Wildman–Crippen MR) is 46.6 cm³/mol. The van der Waals surface area contributed by atoms with Gasteiger partial charge in [0.2, 0.25) is 0 Å². The third-order valence-electron chi connectivity index (χ3n) is 2.10. The summed E-state index contributed by atoms with van der Waals surface area (Å²) in [5, 5.41) is 16.5. The van der Waals surface area contributed by atoms with E-state index < -0.39 is 0 Å². The molecule has 1 N–H and O–H groups in total. The largest absolute Gasteiger partial charge is 0.394 e. The maximum Gasteiger partial charge on any atom is 0.172 e. The van der Waals surface area contributed by atoms with E-state index in [1.54, 1.807) is 11.6 Å². The van der Waals surface area contributed by atoms with Crippen molar-refractivity contribution < 1.29 is 9.90 Å². The van der Waals surface area contributed by atoms with Crippen LogP contribution >= 0.6 is 0 Å². The van der Waals surface area contributed by atoms with Crippen molar-refractivity contribution in [2.45, 2.75) is 26.3 Å². The first-order valence-electron chi connectivity index (χ1n) is 4.22. The highest BCUT2D eigenvalue weighted by molar-refractivity contribution is 5.72. The molecule has 1 heterocycles. The molecule has 0 aliphatic rings. The summed E-state index contributed by atoms with van der Waals surface area (Å²) >= 11 is 0. The fourth-order valence-electron chi connectivity index (χ4n) is 1.19. The summed E-state index contributed by atoms with van der Waals surface area (Å²) in [4.78, 5) is 10.5. The van der Waals surface area contributed by atoms with Gasteiger partial charge < -0.3 is 5.11 Å². The van der Waals surface area contributed by atoms with Gasteiger partial charge in [-0.2, -0.15) is 0 Å². The van der Waals surface area contributed by atoms with Crippen LogP contribution in [-0.4, -0.2) is 33.0 Å². The zero-order valence-corrected chi connectivity index (χ0v) is 7.77. The van der Waals surface area contributed by atoms with Crippen molar-refractivity contribution in [3.8, 4) is 0 Å². The Morgan fingerprint density at radius 3 is 2.77 bits per heavy atom. The molecule has 5 nitrogen and oxygen atoms in total. The third kappa shape index (κ3) is 1.75. The average Bonchev–Trinajstić information content (AvgIpc) is 2.50. The van der Waals surface area contributed by atoms with Gasteiger partial charge in [-0.05, 0) is 13.3 Å². The zero-order chi connectivity index (χ0) is 9.84. The monoisotopic (exact) mass is 183 g/mol. The second kappa shape index (κ2) is 4.13. The number of aldehydes is 1. The van der Waals surface area contributed by atoms with E-state index in [9.17, 15) is 4.79 Å². The summed E-state index contributed by atoms with van der Waals surface area (Å²) < 4.78 is 1.59. The number of aliphatic hydroxyl groups excluding tert-OH is 1. The molecule has 0 aliphatic carbocycles. The van der Waals surface area contributed by atoms with E-state index in [4.69, 9.17) is 5.11 Å². The first-order valence-corrected chi connectivity index (χ1v) is 4.22. The second-order valence-electron chi connectivity index (χ2n) is 2.87. The van der Waals surface area contributed by atoms with Crippen molar-refractivity contribution in [2.24, 2.45) is 0 Å². The van der Waals surface area contributed by atoms with Crippen LogP contribution in [0.3, 0.4) is 0 Å². The molecule has 1 atom stereocenters. The molecule has 1 rings (SSSR count). The van der Waals surface area contributed by atoms with Gasteiger partial charge in [0, 0.05) is 0 Å². The van der Waals surface area contributed by atoms with Gasteiger partial charge in [0.05, 0.1) is 18.3 Å². The van der Waals surface area contributed by atoms with E-state index in [1.165, 1.54) is 0 Å². The second-order valence-corrected chi connectivity index (χ2v) is 2.87. The molecule has 0 saturated carbocycles. The maximum atomic E-state index is 10.5. The molecule has 5 heteroatoms. The van der Waals surface area contributed by atoms with Crippen LogP contribution in [0.25, 0.3) is 0 Å². The van der Waals surface area contributed by atoms with E-state index in [0.29, 0.717) is 17.7 Å². The summed E-state index contributed by atoms with van der Waals surface area (Å²) in [5.41, 5.74) is 1.04. The Morgan fingerprint density at radius 2 is 2.38 bits per heavy atom.